The Hall–Kier alpha value is -3.55. The number of imidazole rings is 2. The number of aliphatic carboxylic acids is 3. The third-order valence-electron chi connectivity index (χ3n) is 5.20. The number of carboxylic acids is 3. The van der Waals surface area contributed by atoms with Crippen molar-refractivity contribution in [1.29, 1.82) is 0 Å². The van der Waals surface area contributed by atoms with Crippen LogP contribution in [-0.2, 0) is 41.1 Å². The summed E-state index contributed by atoms with van der Waals surface area (Å²) in [6.07, 6.45) is 8.43. The van der Waals surface area contributed by atoms with Crippen molar-refractivity contribution in [2.45, 2.75) is 51.4 Å². The molecule has 0 aromatic carbocycles. The number of hydrogen-bond acceptors (Lipinski definition) is 8. The fraction of sp³-hybridized carbons (Fsp3) is 0.435. The second-order valence-corrected chi connectivity index (χ2v) is 9.68. The summed E-state index contributed by atoms with van der Waals surface area (Å²) in [5, 5.41) is 33.8. The van der Waals surface area contributed by atoms with Gasteiger partial charge in [0.15, 0.2) is 5.60 Å². The molecular formula is C23H31N5O7S. The van der Waals surface area contributed by atoms with Crippen LogP contribution in [0.4, 0.5) is 0 Å². The number of aliphatic hydroxyl groups is 1. The lowest BCUT2D eigenvalue weighted by Gasteiger charge is -2.21. The lowest BCUT2D eigenvalue weighted by Crippen LogP contribution is -2.42. The average molecular weight is 522 g/mol. The minimum atomic E-state index is -2.74. The number of thiophene rings is 1. The summed E-state index contributed by atoms with van der Waals surface area (Å²) in [4.78, 5) is 44.3. The normalized spacial score (nSPS) is 11.2. The molecule has 12 nitrogen and oxygen atoms in total. The first-order valence-corrected chi connectivity index (χ1v) is 11.9. The summed E-state index contributed by atoms with van der Waals surface area (Å²) < 4.78 is 4.23. The van der Waals surface area contributed by atoms with Crippen LogP contribution in [0.1, 0.15) is 34.8 Å². The highest BCUT2D eigenvalue weighted by Gasteiger charge is 2.40. The molecule has 0 amide bonds. The molecule has 13 heteroatoms. The maximum Gasteiger partial charge on any atom is 0.336 e. The van der Waals surface area contributed by atoms with Gasteiger partial charge >= 0.3 is 17.9 Å². The Morgan fingerprint density at radius 2 is 1.75 bits per heavy atom. The first-order valence-electron chi connectivity index (χ1n) is 11.1. The third-order valence-corrected chi connectivity index (χ3v) is 6.18. The van der Waals surface area contributed by atoms with Crippen LogP contribution >= 0.6 is 11.3 Å². The summed E-state index contributed by atoms with van der Waals surface area (Å²) in [5.41, 5.74) is -2.74. The average Bonchev–Trinajstić information content (AvgIpc) is 3.51. The van der Waals surface area contributed by atoms with Crippen molar-refractivity contribution in [1.82, 2.24) is 24.0 Å². The molecule has 4 N–H and O–H groups in total. The monoisotopic (exact) mass is 521 g/mol. The van der Waals surface area contributed by atoms with Crippen molar-refractivity contribution in [3.8, 4) is 0 Å². The quantitative estimate of drug-likeness (QED) is 0.260. The van der Waals surface area contributed by atoms with Crippen molar-refractivity contribution >= 4 is 29.2 Å². The summed E-state index contributed by atoms with van der Waals surface area (Å²) in [6, 6.07) is 4.44. The summed E-state index contributed by atoms with van der Waals surface area (Å²) in [5.74, 6) is -3.91. The molecule has 3 aromatic heterocycles. The van der Waals surface area contributed by atoms with Gasteiger partial charge in [-0.1, -0.05) is 0 Å². The van der Waals surface area contributed by atoms with Gasteiger partial charge in [0.25, 0.3) is 0 Å². The second-order valence-electron chi connectivity index (χ2n) is 8.31. The lowest BCUT2D eigenvalue weighted by molar-refractivity contribution is -0.170. The van der Waals surface area contributed by atoms with E-state index in [4.69, 9.17) is 20.4 Å². The van der Waals surface area contributed by atoms with Crippen molar-refractivity contribution in [3.05, 3.63) is 58.8 Å². The molecule has 0 spiro atoms. The van der Waals surface area contributed by atoms with Crippen LogP contribution in [0.2, 0.25) is 0 Å². The van der Waals surface area contributed by atoms with Crippen LogP contribution in [0.5, 0.6) is 0 Å². The highest BCUT2D eigenvalue weighted by atomic mass is 32.1. The lowest BCUT2D eigenvalue weighted by atomic mass is 9.96. The molecule has 0 bridgehead atoms. The van der Waals surface area contributed by atoms with E-state index in [2.05, 4.69) is 50.1 Å². The number of aryl methyl sites for hydroxylation is 3. The van der Waals surface area contributed by atoms with Gasteiger partial charge in [0, 0.05) is 61.2 Å². The molecule has 0 atom stereocenters. The minimum Gasteiger partial charge on any atom is -0.481 e. The van der Waals surface area contributed by atoms with E-state index in [-0.39, 0.29) is 0 Å². The molecule has 196 valence electrons. The van der Waals surface area contributed by atoms with Gasteiger partial charge in [-0.2, -0.15) is 0 Å². The molecule has 0 unspecified atom stereocenters. The van der Waals surface area contributed by atoms with Gasteiger partial charge in [0.05, 0.1) is 25.7 Å². The first-order chi connectivity index (χ1) is 17.0. The summed E-state index contributed by atoms with van der Waals surface area (Å²) in [7, 11) is 2.06. The van der Waals surface area contributed by atoms with Crippen LogP contribution < -0.4 is 0 Å². The van der Waals surface area contributed by atoms with Crippen molar-refractivity contribution in [2.24, 2.45) is 7.05 Å². The fourth-order valence-corrected chi connectivity index (χ4v) is 4.30. The van der Waals surface area contributed by atoms with Crippen molar-refractivity contribution in [2.75, 3.05) is 6.54 Å². The Labute approximate surface area is 212 Å². The molecule has 0 saturated carbocycles. The molecule has 0 aliphatic carbocycles. The van der Waals surface area contributed by atoms with Gasteiger partial charge in [-0.15, -0.1) is 11.3 Å². The van der Waals surface area contributed by atoms with Crippen molar-refractivity contribution in [3.63, 3.8) is 0 Å². The van der Waals surface area contributed by atoms with Crippen LogP contribution in [0, 0.1) is 6.92 Å². The molecular weight excluding hydrogens is 490 g/mol. The van der Waals surface area contributed by atoms with E-state index in [1.807, 2.05) is 42.5 Å². The molecule has 0 fully saturated rings. The zero-order valence-corrected chi connectivity index (χ0v) is 21.0. The number of carbonyl (C=O) groups is 3. The molecule has 0 aliphatic heterocycles. The summed E-state index contributed by atoms with van der Waals surface area (Å²) in [6.45, 7) is 6.07. The van der Waals surface area contributed by atoms with Gasteiger partial charge in [0.2, 0.25) is 0 Å². The highest BCUT2D eigenvalue weighted by Crippen LogP contribution is 2.18. The molecule has 0 saturated heterocycles. The van der Waals surface area contributed by atoms with Crippen LogP contribution in [0.25, 0.3) is 0 Å². The molecule has 3 rings (SSSR count). The van der Waals surface area contributed by atoms with Gasteiger partial charge in [-0.3, -0.25) is 14.5 Å². The van der Waals surface area contributed by atoms with E-state index in [1.54, 1.807) is 0 Å². The van der Waals surface area contributed by atoms with Gasteiger partial charge in [-0.05, 0) is 25.5 Å². The van der Waals surface area contributed by atoms with E-state index < -0.39 is 36.4 Å². The summed E-state index contributed by atoms with van der Waals surface area (Å²) >= 11 is 1.88. The van der Waals surface area contributed by atoms with E-state index in [1.165, 1.54) is 9.75 Å². The van der Waals surface area contributed by atoms with Crippen LogP contribution in [0.3, 0.4) is 0 Å². The topological polar surface area (TPSA) is 171 Å². The highest BCUT2D eigenvalue weighted by molar-refractivity contribution is 7.11. The number of rotatable bonds is 13. The van der Waals surface area contributed by atoms with Gasteiger partial charge in [-0.25, -0.2) is 14.8 Å². The Kier molecular flexibility index (Phi) is 10.8. The predicted octanol–water partition coefficient (Wildman–Crippen LogP) is 1.83. The zero-order chi connectivity index (χ0) is 26.7. The number of hydrogen-bond donors (Lipinski definition) is 4. The number of carboxylic acid groups (broad SMARTS) is 3. The Morgan fingerprint density at radius 1 is 1.06 bits per heavy atom. The van der Waals surface area contributed by atoms with Crippen LogP contribution in [0.15, 0.2) is 43.2 Å². The molecule has 0 aliphatic rings. The molecule has 0 radical (unpaired) electrons. The number of nitrogens with zero attached hydrogens (tertiary/aromatic N) is 5. The van der Waals surface area contributed by atoms with Crippen molar-refractivity contribution < 1.29 is 34.8 Å². The predicted molar refractivity (Wildman–Crippen MR) is 130 cm³/mol. The van der Waals surface area contributed by atoms with E-state index >= 15 is 0 Å². The maximum atomic E-state index is 10.3. The Bertz CT molecular complexity index is 1110. The maximum absolute atomic E-state index is 10.3. The SMILES string of the molecule is Cc1ccc(CN(CCCn2ccnc2)Cc2nccn2C)s1.O=C(O)CC(O)(CC(=O)O)C(=O)O. The van der Waals surface area contributed by atoms with Crippen LogP contribution in [-0.4, -0.2) is 74.5 Å². The van der Waals surface area contributed by atoms with Gasteiger partial charge < -0.3 is 29.6 Å². The van der Waals surface area contributed by atoms with E-state index in [9.17, 15) is 14.4 Å². The second kappa shape index (κ2) is 13.5. The third kappa shape index (κ3) is 9.60. The fourth-order valence-electron chi connectivity index (χ4n) is 3.36. The minimum absolute atomic E-state index is 0.879. The van der Waals surface area contributed by atoms with E-state index in [0.717, 1.165) is 38.4 Å². The first kappa shape index (κ1) is 28.7. The smallest absolute Gasteiger partial charge is 0.336 e. The molecule has 36 heavy (non-hydrogen) atoms. The number of aromatic nitrogens is 4. The Balaban J connectivity index is 0.000000302. The zero-order valence-electron chi connectivity index (χ0n) is 20.1. The molecule has 3 heterocycles. The Morgan fingerprint density at radius 3 is 2.22 bits per heavy atom. The van der Waals surface area contributed by atoms with E-state index in [0.29, 0.717) is 0 Å². The largest absolute Gasteiger partial charge is 0.481 e. The van der Waals surface area contributed by atoms with Gasteiger partial charge in [0.1, 0.15) is 5.82 Å². The standard InChI is InChI=1S/C17H23N5S.C6H8O7/c1-15-4-5-16(23-15)12-22(13-17-19-7-10-20(17)2)9-3-8-21-11-6-18-14-21;7-3(8)1-6(13,5(11)12)2-4(9)10/h4-7,10-11,14H,3,8-9,12-13H2,1-2H3;13H,1-2H2,(H,7,8)(H,9,10)(H,11,12). The molecule has 3 aromatic rings.